The van der Waals surface area contributed by atoms with Crippen LogP contribution in [0.1, 0.15) is 6.92 Å². The van der Waals surface area contributed by atoms with Crippen LogP contribution >= 0.6 is 0 Å². The number of ether oxygens (including phenoxy) is 3. The smallest absolute Gasteiger partial charge is 0.438 e. The summed E-state index contributed by atoms with van der Waals surface area (Å²) >= 11 is 0. The zero-order valence-corrected chi connectivity index (χ0v) is 10.5. The second-order valence-electron chi connectivity index (χ2n) is 4.00. The molecule has 1 fully saturated rings. The molecule has 0 unspecified atom stereocenters. The molecule has 0 aromatic heterocycles. The molecule has 19 heavy (non-hydrogen) atoms. The van der Waals surface area contributed by atoms with Gasteiger partial charge in [-0.05, 0) is 0 Å². The van der Waals surface area contributed by atoms with Crippen LogP contribution in [0.25, 0.3) is 0 Å². The van der Waals surface area contributed by atoms with E-state index >= 15 is 0 Å². The van der Waals surface area contributed by atoms with E-state index in [1.807, 2.05) is 0 Å². The highest BCUT2D eigenvalue weighted by Crippen LogP contribution is 2.22. The lowest BCUT2D eigenvalue weighted by atomic mass is 9.97. The lowest BCUT2D eigenvalue weighted by molar-refractivity contribution is -0.255. The molecule has 5 atom stereocenters. The molecule has 0 aliphatic carbocycles. The van der Waals surface area contributed by atoms with Gasteiger partial charge in [-0.1, -0.05) is 0 Å². The summed E-state index contributed by atoms with van der Waals surface area (Å²) in [6.45, 7) is 0.596. The van der Waals surface area contributed by atoms with Crippen LogP contribution in [0.2, 0.25) is 0 Å². The Labute approximate surface area is 109 Å². The number of aliphatic hydroxyl groups excluding tert-OH is 3. The van der Waals surface area contributed by atoms with Crippen LogP contribution in [0.4, 0.5) is 4.79 Å². The van der Waals surface area contributed by atoms with Crippen molar-refractivity contribution >= 4 is 12.1 Å². The molecule has 1 aliphatic rings. The van der Waals surface area contributed by atoms with Crippen molar-refractivity contribution in [2.24, 2.45) is 0 Å². The molecule has 110 valence electrons. The van der Waals surface area contributed by atoms with Gasteiger partial charge in [0.2, 0.25) is 5.91 Å². The summed E-state index contributed by atoms with van der Waals surface area (Å²) in [4.78, 5) is 22.1. The van der Waals surface area contributed by atoms with E-state index in [4.69, 9.17) is 14.6 Å². The molecule has 1 aliphatic heterocycles. The number of hydrogen-bond donors (Lipinski definition) is 4. The Kier molecular flexibility index (Phi) is 5.48. The van der Waals surface area contributed by atoms with Gasteiger partial charge in [-0.2, -0.15) is 0 Å². The van der Waals surface area contributed by atoms with E-state index in [9.17, 15) is 19.8 Å². The van der Waals surface area contributed by atoms with Gasteiger partial charge in [0.1, 0.15) is 18.2 Å². The lowest BCUT2D eigenvalue weighted by Crippen LogP contribution is -2.65. The van der Waals surface area contributed by atoms with Gasteiger partial charge in [-0.25, -0.2) is 4.79 Å². The van der Waals surface area contributed by atoms with E-state index in [1.54, 1.807) is 0 Å². The number of aliphatic hydroxyl groups is 3. The van der Waals surface area contributed by atoms with Crippen molar-refractivity contribution in [2.75, 3.05) is 13.7 Å². The number of rotatable bonds is 3. The summed E-state index contributed by atoms with van der Waals surface area (Å²) in [5, 5.41) is 30.9. The van der Waals surface area contributed by atoms with Gasteiger partial charge in [-0.15, -0.1) is 0 Å². The van der Waals surface area contributed by atoms with Crippen molar-refractivity contribution in [3.05, 3.63) is 0 Å². The van der Waals surface area contributed by atoms with Crippen LogP contribution in [-0.2, 0) is 19.0 Å². The summed E-state index contributed by atoms with van der Waals surface area (Å²) in [5.74, 6) is -0.513. The van der Waals surface area contributed by atoms with Gasteiger partial charge >= 0.3 is 6.16 Å². The molecule has 0 aromatic carbocycles. The third kappa shape index (κ3) is 3.77. The van der Waals surface area contributed by atoms with Gasteiger partial charge in [0.05, 0.1) is 13.7 Å². The van der Waals surface area contributed by atoms with Gasteiger partial charge in [0.25, 0.3) is 0 Å². The Morgan fingerprint density at radius 2 is 2.00 bits per heavy atom. The predicted octanol–water partition coefficient (Wildman–Crippen LogP) is -2.29. The van der Waals surface area contributed by atoms with Crippen LogP contribution in [0.5, 0.6) is 0 Å². The highest BCUT2D eigenvalue weighted by molar-refractivity contribution is 5.73. The fourth-order valence-electron chi connectivity index (χ4n) is 1.77. The minimum Gasteiger partial charge on any atom is -0.438 e. The minimum absolute atomic E-state index is 0.513. The Balaban J connectivity index is 2.90. The van der Waals surface area contributed by atoms with E-state index in [1.165, 1.54) is 6.92 Å². The second kappa shape index (κ2) is 6.66. The highest BCUT2D eigenvalue weighted by Gasteiger charge is 2.47. The third-order valence-electron chi connectivity index (χ3n) is 2.64. The molecule has 1 saturated heterocycles. The number of nitrogens with one attached hydrogen (secondary N) is 1. The quantitative estimate of drug-likeness (QED) is 0.424. The summed E-state index contributed by atoms with van der Waals surface area (Å²) < 4.78 is 14.0. The number of methoxy groups -OCH3 is 1. The van der Waals surface area contributed by atoms with Gasteiger partial charge in [-0.3, -0.25) is 4.79 Å². The summed E-state index contributed by atoms with van der Waals surface area (Å²) in [6, 6.07) is -1.17. The van der Waals surface area contributed by atoms with Crippen molar-refractivity contribution in [3.8, 4) is 0 Å². The largest absolute Gasteiger partial charge is 0.508 e. The zero-order chi connectivity index (χ0) is 14.6. The van der Waals surface area contributed by atoms with Crippen LogP contribution in [0, 0.1) is 0 Å². The molecular formula is C10H17NO8. The first-order valence-electron chi connectivity index (χ1n) is 5.54. The van der Waals surface area contributed by atoms with E-state index in [2.05, 4.69) is 10.1 Å². The zero-order valence-electron chi connectivity index (χ0n) is 10.5. The molecule has 1 amide bonds. The average molecular weight is 279 g/mol. The maximum absolute atomic E-state index is 11.1. The summed E-state index contributed by atoms with van der Waals surface area (Å²) in [7, 11) is 1.07. The number of amides is 1. The third-order valence-corrected chi connectivity index (χ3v) is 2.64. The molecule has 0 radical (unpaired) electrons. The number of carbonyl (C=O) groups excluding carboxylic acids is 2. The Morgan fingerprint density at radius 3 is 2.47 bits per heavy atom. The molecule has 0 spiro atoms. The summed E-state index contributed by atoms with van der Waals surface area (Å²) in [5.41, 5.74) is 0. The van der Waals surface area contributed by atoms with E-state index in [-0.39, 0.29) is 0 Å². The van der Waals surface area contributed by atoms with E-state index in [0.29, 0.717) is 0 Å². The first-order valence-corrected chi connectivity index (χ1v) is 5.54. The molecule has 1 heterocycles. The van der Waals surface area contributed by atoms with Crippen molar-refractivity contribution in [3.63, 3.8) is 0 Å². The van der Waals surface area contributed by atoms with E-state index in [0.717, 1.165) is 7.11 Å². The average Bonchev–Trinajstić information content (AvgIpc) is 2.36. The maximum atomic E-state index is 11.1. The lowest BCUT2D eigenvalue weighted by Gasteiger charge is -2.41. The Morgan fingerprint density at radius 1 is 1.37 bits per heavy atom. The van der Waals surface area contributed by atoms with E-state index < -0.39 is 49.3 Å². The monoisotopic (exact) mass is 279 g/mol. The number of hydrogen-bond acceptors (Lipinski definition) is 8. The first kappa shape index (κ1) is 15.6. The number of carbonyl (C=O) groups is 2. The Bertz CT molecular complexity index is 335. The standard InChI is InChI=1S/C10H17NO8/c1-4(13)11-6-8(19-10(16)17-2)7(14)5(3-12)18-9(6)15/h5-9,12,14-15H,3H2,1-2H3,(H,11,13)/t5-,6-,7-,8-,9-/m1/s1. The topological polar surface area (TPSA) is 135 Å². The van der Waals surface area contributed by atoms with Crippen LogP contribution in [-0.4, -0.2) is 71.7 Å². The molecule has 9 nitrogen and oxygen atoms in total. The van der Waals surface area contributed by atoms with Crippen LogP contribution in [0.3, 0.4) is 0 Å². The fraction of sp³-hybridized carbons (Fsp3) is 0.800. The van der Waals surface area contributed by atoms with Crippen LogP contribution in [0.15, 0.2) is 0 Å². The van der Waals surface area contributed by atoms with Crippen LogP contribution < -0.4 is 5.32 Å². The maximum Gasteiger partial charge on any atom is 0.508 e. The van der Waals surface area contributed by atoms with Crippen molar-refractivity contribution in [1.82, 2.24) is 5.32 Å². The molecule has 0 saturated carbocycles. The molecular weight excluding hydrogens is 262 g/mol. The van der Waals surface area contributed by atoms with Gasteiger partial charge in [0.15, 0.2) is 12.4 Å². The summed E-state index contributed by atoms with van der Waals surface area (Å²) in [6.07, 6.45) is -6.51. The van der Waals surface area contributed by atoms with Gasteiger partial charge < -0.3 is 34.8 Å². The van der Waals surface area contributed by atoms with Gasteiger partial charge in [0, 0.05) is 6.92 Å². The van der Waals surface area contributed by atoms with Crippen molar-refractivity contribution in [1.29, 1.82) is 0 Å². The normalized spacial score (nSPS) is 34.5. The molecule has 0 aromatic rings. The predicted molar refractivity (Wildman–Crippen MR) is 58.9 cm³/mol. The fourth-order valence-corrected chi connectivity index (χ4v) is 1.77. The second-order valence-corrected chi connectivity index (χ2v) is 4.00. The molecule has 9 heteroatoms. The first-order chi connectivity index (χ1) is 8.90. The van der Waals surface area contributed by atoms with Crippen molar-refractivity contribution in [2.45, 2.75) is 37.6 Å². The Hall–Kier alpha value is -1.42. The SMILES string of the molecule is COC(=O)O[C@H]1[C@H](O)[C@@H](CO)O[C@@H](O)[C@@H]1NC(C)=O. The minimum atomic E-state index is -1.54. The highest BCUT2D eigenvalue weighted by atomic mass is 16.7. The van der Waals surface area contributed by atoms with Crippen molar-refractivity contribution < 1.29 is 39.1 Å². The molecule has 0 bridgehead atoms. The molecule has 4 N–H and O–H groups in total. The molecule has 1 rings (SSSR count).